The fourth-order valence-corrected chi connectivity index (χ4v) is 5.21. The number of carbonyl (C=O) groups excluding carboxylic acids is 1. The van der Waals surface area contributed by atoms with Crippen LogP contribution in [-0.4, -0.2) is 15.7 Å². The standard InChI is InChI=1S/C34H27N3O4/c38-34-31-22-28(37(39)40)18-21-32(31)35(23-25-10-4-1-5-11-25)33(36(34)24-26-12-6-2-7-13-26)27-16-19-30(20-17-27)41-29-14-8-3-9-15-29/h1-22,33H,23-24H2/t33-/m1/s1. The second kappa shape index (κ2) is 11.4. The van der Waals surface area contributed by atoms with Crippen molar-refractivity contribution >= 4 is 17.3 Å². The molecule has 7 nitrogen and oxygen atoms in total. The maximum absolute atomic E-state index is 14.1. The topological polar surface area (TPSA) is 75.9 Å². The summed E-state index contributed by atoms with van der Waals surface area (Å²) in [6.45, 7) is 0.831. The van der Waals surface area contributed by atoms with Crippen molar-refractivity contribution in [2.24, 2.45) is 0 Å². The molecule has 1 atom stereocenters. The van der Waals surface area contributed by atoms with Crippen molar-refractivity contribution in [3.05, 3.63) is 166 Å². The maximum Gasteiger partial charge on any atom is 0.270 e. The summed E-state index contributed by atoms with van der Waals surface area (Å²) >= 11 is 0. The average Bonchev–Trinajstić information content (AvgIpc) is 3.01. The Morgan fingerprint density at radius 3 is 1.78 bits per heavy atom. The number of ether oxygens (including phenoxy) is 1. The van der Waals surface area contributed by atoms with Gasteiger partial charge in [0, 0.05) is 25.2 Å². The quantitative estimate of drug-likeness (QED) is 0.148. The van der Waals surface area contributed by atoms with Crippen molar-refractivity contribution in [2.45, 2.75) is 19.3 Å². The van der Waals surface area contributed by atoms with E-state index in [1.54, 1.807) is 11.0 Å². The van der Waals surface area contributed by atoms with Crippen LogP contribution in [0.15, 0.2) is 133 Å². The number of nitrogens with zero attached hydrogens (tertiary/aromatic N) is 3. The molecule has 1 heterocycles. The normalized spacial score (nSPS) is 14.4. The van der Waals surface area contributed by atoms with Gasteiger partial charge in [-0.3, -0.25) is 14.9 Å². The number of amides is 1. The van der Waals surface area contributed by atoms with E-state index in [0.29, 0.717) is 30.1 Å². The average molecular weight is 542 g/mol. The van der Waals surface area contributed by atoms with Crippen LogP contribution in [-0.2, 0) is 13.1 Å². The third-order valence-electron chi connectivity index (χ3n) is 7.13. The molecule has 0 aromatic heterocycles. The molecule has 0 radical (unpaired) electrons. The first-order valence-electron chi connectivity index (χ1n) is 13.3. The van der Waals surface area contributed by atoms with Gasteiger partial charge in [-0.25, -0.2) is 0 Å². The number of para-hydroxylation sites is 1. The number of rotatable bonds is 8. The van der Waals surface area contributed by atoms with E-state index in [1.807, 2.05) is 115 Å². The van der Waals surface area contributed by atoms with Gasteiger partial charge >= 0.3 is 0 Å². The lowest BCUT2D eigenvalue weighted by molar-refractivity contribution is -0.384. The van der Waals surface area contributed by atoms with E-state index in [2.05, 4.69) is 4.90 Å². The molecular weight excluding hydrogens is 514 g/mol. The number of non-ortho nitro benzene ring substituents is 1. The molecule has 5 aromatic carbocycles. The number of anilines is 1. The predicted octanol–water partition coefficient (Wildman–Crippen LogP) is 7.75. The Hall–Kier alpha value is -5.43. The Kier molecular flexibility index (Phi) is 7.15. The minimum absolute atomic E-state index is 0.114. The highest BCUT2D eigenvalue weighted by atomic mass is 16.6. The molecule has 6 rings (SSSR count). The summed E-state index contributed by atoms with van der Waals surface area (Å²) in [6.07, 6.45) is -0.470. The molecule has 0 saturated carbocycles. The van der Waals surface area contributed by atoms with Crippen molar-refractivity contribution in [1.29, 1.82) is 0 Å². The van der Waals surface area contributed by atoms with Crippen LogP contribution < -0.4 is 9.64 Å². The fourth-order valence-electron chi connectivity index (χ4n) is 5.21. The van der Waals surface area contributed by atoms with Crippen molar-refractivity contribution in [1.82, 2.24) is 4.90 Å². The van der Waals surface area contributed by atoms with Gasteiger partial charge in [0.05, 0.1) is 16.2 Å². The highest BCUT2D eigenvalue weighted by Crippen LogP contribution is 2.42. The van der Waals surface area contributed by atoms with Crippen LogP contribution in [0, 0.1) is 10.1 Å². The lowest BCUT2D eigenvalue weighted by Crippen LogP contribution is -2.48. The Labute approximate surface area is 238 Å². The molecule has 41 heavy (non-hydrogen) atoms. The zero-order valence-electron chi connectivity index (χ0n) is 22.2. The SMILES string of the molecule is O=C1c2cc([N+](=O)[O-])ccc2N(Cc2ccccc2)[C@@H](c2ccc(Oc3ccccc3)cc2)N1Cc1ccccc1. The molecule has 1 aliphatic heterocycles. The van der Waals surface area contributed by atoms with E-state index >= 15 is 0 Å². The summed E-state index contributed by atoms with van der Waals surface area (Å²) < 4.78 is 6.02. The van der Waals surface area contributed by atoms with E-state index in [4.69, 9.17) is 4.74 Å². The minimum Gasteiger partial charge on any atom is -0.457 e. The first-order chi connectivity index (χ1) is 20.1. The van der Waals surface area contributed by atoms with Gasteiger partial charge in [-0.2, -0.15) is 0 Å². The van der Waals surface area contributed by atoms with Crippen LogP contribution in [0.1, 0.15) is 33.2 Å². The van der Waals surface area contributed by atoms with Crippen LogP contribution in [0.2, 0.25) is 0 Å². The summed E-state index contributed by atoms with van der Waals surface area (Å²) in [4.78, 5) is 29.2. The molecule has 0 unspecified atom stereocenters. The van der Waals surface area contributed by atoms with Gasteiger partial charge in [0.15, 0.2) is 0 Å². The zero-order valence-corrected chi connectivity index (χ0v) is 22.2. The van der Waals surface area contributed by atoms with Crippen LogP contribution in [0.25, 0.3) is 0 Å². The minimum atomic E-state index is -0.470. The zero-order chi connectivity index (χ0) is 28.2. The smallest absolute Gasteiger partial charge is 0.270 e. The second-order valence-electron chi connectivity index (χ2n) is 9.85. The Morgan fingerprint density at radius 2 is 1.20 bits per heavy atom. The Bertz CT molecular complexity index is 1660. The highest BCUT2D eigenvalue weighted by molar-refractivity contribution is 6.02. The van der Waals surface area contributed by atoms with E-state index in [1.165, 1.54) is 12.1 Å². The Morgan fingerprint density at radius 1 is 0.659 bits per heavy atom. The first kappa shape index (κ1) is 25.8. The first-order valence-corrected chi connectivity index (χ1v) is 13.3. The molecule has 0 saturated heterocycles. The molecule has 1 aliphatic rings. The van der Waals surface area contributed by atoms with Gasteiger partial charge in [-0.05, 0) is 47.0 Å². The summed E-state index contributed by atoms with van der Waals surface area (Å²) in [6, 6.07) is 41.6. The van der Waals surface area contributed by atoms with Crippen LogP contribution in [0.5, 0.6) is 11.5 Å². The molecule has 0 bridgehead atoms. The number of hydrogen-bond donors (Lipinski definition) is 0. The lowest BCUT2D eigenvalue weighted by Gasteiger charge is -2.46. The van der Waals surface area contributed by atoms with Gasteiger partial charge in [-0.15, -0.1) is 0 Å². The number of carbonyl (C=O) groups is 1. The van der Waals surface area contributed by atoms with Crippen molar-refractivity contribution in [3.8, 4) is 11.5 Å². The molecular formula is C34H27N3O4. The number of fused-ring (bicyclic) bond motifs is 1. The molecule has 0 aliphatic carbocycles. The summed E-state index contributed by atoms with van der Waals surface area (Å²) in [5.74, 6) is 1.16. The highest BCUT2D eigenvalue weighted by Gasteiger charge is 2.39. The third kappa shape index (κ3) is 5.51. The molecule has 5 aromatic rings. The summed E-state index contributed by atoms with van der Waals surface area (Å²) in [5, 5.41) is 11.6. The van der Waals surface area contributed by atoms with Gasteiger partial charge in [0.25, 0.3) is 11.6 Å². The van der Waals surface area contributed by atoms with Crippen LogP contribution >= 0.6 is 0 Å². The molecule has 7 heteroatoms. The number of nitro groups is 1. The van der Waals surface area contributed by atoms with Crippen molar-refractivity contribution < 1.29 is 14.5 Å². The van der Waals surface area contributed by atoms with E-state index in [9.17, 15) is 14.9 Å². The Balaban J connectivity index is 1.46. The van der Waals surface area contributed by atoms with Gasteiger partial charge in [0.1, 0.15) is 17.7 Å². The molecule has 1 amide bonds. The number of benzene rings is 5. The monoisotopic (exact) mass is 541 g/mol. The van der Waals surface area contributed by atoms with E-state index in [-0.39, 0.29) is 11.6 Å². The molecule has 0 N–H and O–H groups in total. The molecule has 0 spiro atoms. The van der Waals surface area contributed by atoms with E-state index < -0.39 is 11.1 Å². The van der Waals surface area contributed by atoms with Gasteiger partial charge < -0.3 is 14.5 Å². The molecule has 202 valence electrons. The fraction of sp³-hybridized carbons (Fsp3) is 0.0882. The largest absolute Gasteiger partial charge is 0.457 e. The van der Waals surface area contributed by atoms with E-state index in [0.717, 1.165) is 22.4 Å². The third-order valence-corrected chi connectivity index (χ3v) is 7.13. The number of nitro benzene ring substituents is 1. The second-order valence-corrected chi connectivity index (χ2v) is 9.85. The van der Waals surface area contributed by atoms with Gasteiger partial charge in [0.2, 0.25) is 0 Å². The molecule has 0 fully saturated rings. The number of hydrogen-bond acceptors (Lipinski definition) is 5. The summed E-state index contributed by atoms with van der Waals surface area (Å²) in [7, 11) is 0. The van der Waals surface area contributed by atoms with Crippen LogP contribution in [0.4, 0.5) is 11.4 Å². The van der Waals surface area contributed by atoms with Gasteiger partial charge in [-0.1, -0.05) is 91.0 Å². The van der Waals surface area contributed by atoms with Crippen molar-refractivity contribution in [2.75, 3.05) is 4.90 Å². The lowest BCUT2D eigenvalue weighted by atomic mass is 9.98. The maximum atomic E-state index is 14.1. The van der Waals surface area contributed by atoms with Crippen LogP contribution in [0.3, 0.4) is 0 Å². The van der Waals surface area contributed by atoms with Crippen molar-refractivity contribution in [3.63, 3.8) is 0 Å². The predicted molar refractivity (Wildman–Crippen MR) is 158 cm³/mol. The summed E-state index contributed by atoms with van der Waals surface area (Å²) in [5.41, 5.74) is 3.77.